The minimum Gasteiger partial charge on any atom is -0.462 e. The third-order valence-corrected chi connectivity index (χ3v) is 3.62. The molecule has 0 saturated carbocycles. The molecule has 0 bridgehead atoms. The van der Waals surface area contributed by atoms with Gasteiger partial charge in [0.05, 0.1) is 12.2 Å². The number of carbonyl (C=O) groups excluding carboxylic acids is 2. The van der Waals surface area contributed by atoms with Crippen LogP contribution in [0.15, 0.2) is 48.5 Å². The molecule has 2 aromatic rings. The fourth-order valence-electron chi connectivity index (χ4n) is 2.07. The van der Waals surface area contributed by atoms with Gasteiger partial charge in [-0.1, -0.05) is 31.5 Å². The van der Waals surface area contributed by atoms with Crippen LogP contribution in [0.3, 0.4) is 0 Å². The third kappa shape index (κ3) is 5.23. The molecule has 24 heavy (non-hydrogen) atoms. The van der Waals surface area contributed by atoms with E-state index in [0.717, 1.165) is 12.0 Å². The standard InChI is InChI=1S/C20H23NO3/c1-14(2)12-13-24-20(23)17-8-10-18(11-9-17)21-19(22)16-6-4-15(3)5-7-16/h4-11,14H,12-13H2,1-3H3,(H,21,22). The van der Waals surface area contributed by atoms with Crippen LogP contribution in [0.4, 0.5) is 5.69 Å². The number of anilines is 1. The van der Waals surface area contributed by atoms with E-state index in [4.69, 9.17) is 4.74 Å². The summed E-state index contributed by atoms with van der Waals surface area (Å²) in [5.74, 6) is -0.0218. The molecule has 0 aliphatic carbocycles. The van der Waals surface area contributed by atoms with E-state index in [1.54, 1.807) is 36.4 Å². The zero-order chi connectivity index (χ0) is 17.5. The Morgan fingerprint density at radius 1 is 0.958 bits per heavy atom. The van der Waals surface area contributed by atoms with Crippen molar-refractivity contribution >= 4 is 17.6 Å². The SMILES string of the molecule is Cc1ccc(C(=O)Nc2ccc(C(=O)OCCC(C)C)cc2)cc1. The Hall–Kier alpha value is -2.62. The number of benzene rings is 2. The molecular weight excluding hydrogens is 302 g/mol. The van der Waals surface area contributed by atoms with Crippen LogP contribution in [0.2, 0.25) is 0 Å². The van der Waals surface area contributed by atoms with Crippen molar-refractivity contribution in [1.82, 2.24) is 0 Å². The summed E-state index contributed by atoms with van der Waals surface area (Å²) in [5.41, 5.74) is 2.82. The average Bonchev–Trinajstić information content (AvgIpc) is 2.55. The van der Waals surface area contributed by atoms with Gasteiger partial charge in [0.15, 0.2) is 0 Å². The van der Waals surface area contributed by atoms with Gasteiger partial charge in [0.2, 0.25) is 0 Å². The highest BCUT2D eigenvalue weighted by atomic mass is 16.5. The van der Waals surface area contributed by atoms with Crippen LogP contribution in [-0.2, 0) is 4.74 Å². The molecule has 0 fully saturated rings. The van der Waals surface area contributed by atoms with Crippen molar-refractivity contribution in [2.45, 2.75) is 27.2 Å². The number of rotatable bonds is 6. The van der Waals surface area contributed by atoms with Crippen molar-refractivity contribution in [3.8, 4) is 0 Å². The zero-order valence-electron chi connectivity index (χ0n) is 14.3. The number of nitrogens with one attached hydrogen (secondary N) is 1. The van der Waals surface area contributed by atoms with E-state index < -0.39 is 0 Å². The maximum absolute atomic E-state index is 12.1. The number of amides is 1. The van der Waals surface area contributed by atoms with Crippen molar-refractivity contribution in [3.63, 3.8) is 0 Å². The Kier molecular flexibility index (Phi) is 6.13. The maximum atomic E-state index is 12.1. The van der Waals surface area contributed by atoms with Crippen molar-refractivity contribution < 1.29 is 14.3 Å². The second-order valence-electron chi connectivity index (χ2n) is 6.22. The van der Waals surface area contributed by atoms with Crippen molar-refractivity contribution in [3.05, 3.63) is 65.2 Å². The predicted octanol–water partition coefficient (Wildman–Crippen LogP) is 4.45. The third-order valence-electron chi connectivity index (χ3n) is 3.62. The normalized spacial score (nSPS) is 10.5. The van der Waals surface area contributed by atoms with Gasteiger partial charge in [-0.3, -0.25) is 4.79 Å². The smallest absolute Gasteiger partial charge is 0.338 e. The van der Waals surface area contributed by atoms with Gasteiger partial charge < -0.3 is 10.1 Å². The number of hydrogen-bond acceptors (Lipinski definition) is 3. The monoisotopic (exact) mass is 325 g/mol. The summed E-state index contributed by atoms with van der Waals surface area (Å²) in [6, 6.07) is 14.1. The summed E-state index contributed by atoms with van der Waals surface area (Å²) in [6.45, 7) is 6.56. The molecule has 0 aliphatic rings. The van der Waals surface area contributed by atoms with Crippen LogP contribution in [0, 0.1) is 12.8 Å². The van der Waals surface area contributed by atoms with Gasteiger partial charge in [-0.25, -0.2) is 4.79 Å². The van der Waals surface area contributed by atoms with Gasteiger partial charge in [0, 0.05) is 11.3 Å². The van der Waals surface area contributed by atoms with Crippen LogP contribution in [0.1, 0.15) is 46.5 Å². The Labute approximate surface area is 142 Å². The molecule has 0 aliphatic heterocycles. The van der Waals surface area contributed by atoms with Gasteiger partial charge >= 0.3 is 5.97 Å². The van der Waals surface area contributed by atoms with Crippen LogP contribution in [0.5, 0.6) is 0 Å². The topological polar surface area (TPSA) is 55.4 Å². The molecule has 0 radical (unpaired) electrons. The lowest BCUT2D eigenvalue weighted by Crippen LogP contribution is -2.12. The molecule has 4 nitrogen and oxygen atoms in total. The fourth-order valence-corrected chi connectivity index (χ4v) is 2.07. The quantitative estimate of drug-likeness (QED) is 0.798. The minimum absolute atomic E-state index is 0.178. The van der Waals surface area contributed by atoms with Crippen molar-refractivity contribution in [2.75, 3.05) is 11.9 Å². The van der Waals surface area contributed by atoms with Crippen LogP contribution >= 0.6 is 0 Å². The maximum Gasteiger partial charge on any atom is 0.338 e. The van der Waals surface area contributed by atoms with Gasteiger partial charge in [0.25, 0.3) is 5.91 Å². The largest absolute Gasteiger partial charge is 0.462 e. The first-order valence-electron chi connectivity index (χ1n) is 8.11. The lowest BCUT2D eigenvalue weighted by atomic mass is 10.1. The summed E-state index contributed by atoms with van der Waals surface area (Å²) < 4.78 is 5.21. The van der Waals surface area contributed by atoms with Gasteiger partial charge in [-0.2, -0.15) is 0 Å². The molecule has 1 amide bonds. The number of aryl methyl sites for hydroxylation is 1. The Balaban J connectivity index is 1.93. The van der Waals surface area contributed by atoms with E-state index >= 15 is 0 Å². The number of ether oxygens (including phenoxy) is 1. The summed E-state index contributed by atoms with van der Waals surface area (Å²) in [6.07, 6.45) is 0.844. The highest BCUT2D eigenvalue weighted by Crippen LogP contribution is 2.13. The Morgan fingerprint density at radius 3 is 2.12 bits per heavy atom. The fraction of sp³-hybridized carbons (Fsp3) is 0.300. The summed E-state index contributed by atoms with van der Waals surface area (Å²) in [7, 11) is 0. The van der Waals surface area contributed by atoms with Crippen LogP contribution < -0.4 is 5.32 Å². The minimum atomic E-state index is -0.341. The highest BCUT2D eigenvalue weighted by Gasteiger charge is 2.09. The predicted molar refractivity (Wildman–Crippen MR) is 95.3 cm³/mol. The van der Waals surface area contributed by atoms with Crippen LogP contribution in [-0.4, -0.2) is 18.5 Å². The lowest BCUT2D eigenvalue weighted by molar-refractivity contribution is 0.0488. The summed E-state index contributed by atoms with van der Waals surface area (Å²) in [5, 5.41) is 2.81. The van der Waals surface area contributed by atoms with Crippen LogP contribution in [0.25, 0.3) is 0 Å². The Bertz CT molecular complexity index is 688. The van der Waals surface area contributed by atoms with E-state index in [1.807, 2.05) is 19.1 Å². The van der Waals surface area contributed by atoms with Gasteiger partial charge in [-0.05, 0) is 55.7 Å². The molecule has 2 aromatic carbocycles. The molecule has 0 unspecified atom stereocenters. The molecule has 4 heteroatoms. The van der Waals surface area contributed by atoms with Gasteiger partial charge in [-0.15, -0.1) is 0 Å². The van der Waals surface area contributed by atoms with Crippen molar-refractivity contribution in [1.29, 1.82) is 0 Å². The van der Waals surface area contributed by atoms with Gasteiger partial charge in [0.1, 0.15) is 0 Å². The van der Waals surface area contributed by atoms with E-state index in [9.17, 15) is 9.59 Å². The molecule has 0 aromatic heterocycles. The lowest BCUT2D eigenvalue weighted by Gasteiger charge is -2.08. The van der Waals surface area contributed by atoms with E-state index in [0.29, 0.717) is 29.3 Å². The van der Waals surface area contributed by atoms with E-state index in [2.05, 4.69) is 19.2 Å². The summed E-state index contributed by atoms with van der Waals surface area (Å²) in [4.78, 5) is 24.1. The number of esters is 1. The highest BCUT2D eigenvalue weighted by molar-refractivity contribution is 6.04. The van der Waals surface area contributed by atoms with E-state index in [1.165, 1.54) is 0 Å². The molecule has 0 atom stereocenters. The molecule has 2 rings (SSSR count). The second-order valence-corrected chi connectivity index (χ2v) is 6.22. The van der Waals surface area contributed by atoms with Crippen molar-refractivity contribution in [2.24, 2.45) is 5.92 Å². The zero-order valence-corrected chi connectivity index (χ0v) is 14.3. The number of carbonyl (C=O) groups is 2. The number of hydrogen-bond donors (Lipinski definition) is 1. The Morgan fingerprint density at radius 2 is 1.54 bits per heavy atom. The molecule has 0 heterocycles. The molecule has 1 N–H and O–H groups in total. The molecular formula is C20H23NO3. The molecule has 126 valence electrons. The van der Waals surface area contributed by atoms with E-state index in [-0.39, 0.29) is 11.9 Å². The first-order valence-corrected chi connectivity index (χ1v) is 8.11. The first-order chi connectivity index (χ1) is 11.5. The summed E-state index contributed by atoms with van der Waals surface area (Å²) >= 11 is 0. The molecule has 0 spiro atoms. The molecule has 0 saturated heterocycles. The average molecular weight is 325 g/mol. The second kappa shape index (κ2) is 8.29. The first kappa shape index (κ1) is 17.7.